The fourth-order valence-electron chi connectivity index (χ4n) is 3.99. The van der Waals surface area contributed by atoms with Crippen molar-refractivity contribution in [3.63, 3.8) is 0 Å². The number of hydrogen-bond donors (Lipinski definition) is 1. The molecule has 1 atom stereocenters. The Bertz CT molecular complexity index is 538. The van der Waals surface area contributed by atoms with E-state index in [-0.39, 0.29) is 30.0 Å². The fourth-order valence-corrected chi connectivity index (χ4v) is 3.99. The molecule has 0 saturated carbocycles. The molecule has 2 aliphatic rings. The van der Waals surface area contributed by atoms with Crippen LogP contribution in [0.25, 0.3) is 0 Å². The zero-order chi connectivity index (χ0) is 18.2. The molecular formula is C20H35IN4O2. The van der Waals surface area contributed by atoms with Gasteiger partial charge in [0.1, 0.15) is 5.76 Å². The molecule has 27 heavy (non-hydrogen) atoms. The smallest absolute Gasteiger partial charge is 0.193 e. The summed E-state index contributed by atoms with van der Waals surface area (Å²) in [4.78, 5) is 9.88. The highest BCUT2D eigenvalue weighted by molar-refractivity contribution is 14.0. The normalized spacial score (nSPS) is 20.5. The van der Waals surface area contributed by atoms with Crippen LogP contribution in [0.3, 0.4) is 0 Å². The lowest BCUT2D eigenvalue weighted by Gasteiger charge is -2.34. The number of nitrogens with one attached hydrogen (secondary N) is 1. The lowest BCUT2D eigenvalue weighted by Crippen LogP contribution is -2.47. The van der Waals surface area contributed by atoms with Gasteiger partial charge in [0, 0.05) is 26.2 Å². The monoisotopic (exact) mass is 490 g/mol. The van der Waals surface area contributed by atoms with Crippen LogP contribution in [0.2, 0.25) is 0 Å². The predicted molar refractivity (Wildman–Crippen MR) is 120 cm³/mol. The highest BCUT2D eigenvalue weighted by Crippen LogP contribution is 2.26. The van der Waals surface area contributed by atoms with Crippen molar-refractivity contribution in [2.45, 2.75) is 51.7 Å². The summed E-state index contributed by atoms with van der Waals surface area (Å²) in [5.74, 6) is 2.06. The topological polar surface area (TPSA) is 53.2 Å². The van der Waals surface area contributed by atoms with E-state index in [1.807, 2.05) is 6.07 Å². The van der Waals surface area contributed by atoms with Crippen molar-refractivity contribution in [2.24, 2.45) is 4.99 Å². The highest BCUT2D eigenvalue weighted by Gasteiger charge is 2.26. The quantitative estimate of drug-likeness (QED) is 0.360. The molecule has 3 heterocycles. The third kappa shape index (κ3) is 6.35. The van der Waals surface area contributed by atoms with E-state index in [2.05, 4.69) is 35.0 Å². The summed E-state index contributed by atoms with van der Waals surface area (Å²) in [6, 6.07) is 4.30. The third-order valence-electron chi connectivity index (χ3n) is 5.35. The number of nitrogens with zero attached hydrogens (tertiary/aromatic N) is 3. The largest absolute Gasteiger partial charge is 0.468 e. The van der Waals surface area contributed by atoms with Crippen molar-refractivity contribution in [3.8, 4) is 0 Å². The molecule has 6 nitrogen and oxygen atoms in total. The minimum Gasteiger partial charge on any atom is -0.468 e. The van der Waals surface area contributed by atoms with Crippen LogP contribution in [0.1, 0.15) is 51.3 Å². The van der Waals surface area contributed by atoms with Crippen LogP contribution in [0.4, 0.5) is 0 Å². The van der Waals surface area contributed by atoms with Crippen molar-refractivity contribution in [2.75, 3.05) is 45.9 Å². The average molecular weight is 490 g/mol. The molecule has 1 N–H and O–H groups in total. The molecule has 0 spiro atoms. The maximum absolute atomic E-state index is 5.78. The van der Waals surface area contributed by atoms with Gasteiger partial charge >= 0.3 is 0 Å². The van der Waals surface area contributed by atoms with Gasteiger partial charge in [-0.05, 0) is 64.8 Å². The van der Waals surface area contributed by atoms with Gasteiger partial charge in [-0.15, -0.1) is 24.0 Å². The first-order valence-corrected chi connectivity index (χ1v) is 10.2. The summed E-state index contributed by atoms with van der Waals surface area (Å²) >= 11 is 0. The summed E-state index contributed by atoms with van der Waals surface area (Å²) in [6.45, 7) is 10.9. The Hall–Kier alpha value is -0.800. The predicted octanol–water partition coefficient (Wildman–Crippen LogP) is 3.50. The number of aliphatic imine (C=N–C) groups is 1. The van der Waals surface area contributed by atoms with Crippen LogP contribution in [0.5, 0.6) is 0 Å². The molecule has 0 aliphatic carbocycles. The molecule has 0 radical (unpaired) electrons. The molecule has 3 rings (SSSR count). The lowest BCUT2D eigenvalue weighted by atomic mass is 10.1. The number of furan rings is 1. The first-order valence-electron chi connectivity index (χ1n) is 10.2. The molecule has 0 bridgehead atoms. The van der Waals surface area contributed by atoms with E-state index in [9.17, 15) is 0 Å². The van der Waals surface area contributed by atoms with E-state index in [4.69, 9.17) is 14.1 Å². The van der Waals surface area contributed by atoms with Crippen LogP contribution in [-0.4, -0.2) is 67.7 Å². The van der Waals surface area contributed by atoms with Crippen LogP contribution in [-0.2, 0) is 4.74 Å². The van der Waals surface area contributed by atoms with Crippen LogP contribution >= 0.6 is 24.0 Å². The van der Waals surface area contributed by atoms with Gasteiger partial charge < -0.3 is 19.4 Å². The molecule has 2 saturated heterocycles. The van der Waals surface area contributed by atoms with Crippen molar-refractivity contribution in [3.05, 3.63) is 24.2 Å². The van der Waals surface area contributed by atoms with E-state index in [1.54, 1.807) is 6.26 Å². The molecule has 154 valence electrons. The zero-order valence-corrected chi connectivity index (χ0v) is 19.1. The number of piperidine rings is 1. The lowest BCUT2D eigenvalue weighted by molar-refractivity contribution is 0.0263. The van der Waals surface area contributed by atoms with Gasteiger partial charge in [0.2, 0.25) is 0 Å². The van der Waals surface area contributed by atoms with E-state index in [1.165, 1.54) is 12.8 Å². The first kappa shape index (κ1) is 22.5. The van der Waals surface area contributed by atoms with Crippen LogP contribution < -0.4 is 5.32 Å². The van der Waals surface area contributed by atoms with Gasteiger partial charge in [-0.25, -0.2) is 0 Å². The van der Waals surface area contributed by atoms with Crippen molar-refractivity contribution in [1.29, 1.82) is 0 Å². The number of rotatable bonds is 7. The van der Waals surface area contributed by atoms with Crippen LogP contribution in [0, 0.1) is 0 Å². The van der Waals surface area contributed by atoms with Gasteiger partial charge in [-0.3, -0.25) is 9.89 Å². The molecule has 2 fully saturated rings. The fraction of sp³-hybridized carbons (Fsp3) is 0.750. The standard InChI is InChI=1S/C20H34N4O2.HI/c1-3-21-20(24-13-9-17(10-14-24)25-4-2)22-16-18(19-8-7-15-26-19)23-11-5-6-12-23;/h7-8,15,17-18H,3-6,9-14,16H2,1-2H3,(H,21,22);1H. The first-order chi connectivity index (χ1) is 12.8. The zero-order valence-electron chi connectivity index (χ0n) is 16.7. The molecule has 1 aromatic heterocycles. The van der Waals surface area contributed by atoms with E-state index >= 15 is 0 Å². The molecular weight excluding hydrogens is 455 g/mol. The van der Waals surface area contributed by atoms with Gasteiger partial charge in [0.25, 0.3) is 0 Å². The van der Waals surface area contributed by atoms with E-state index in [0.29, 0.717) is 6.10 Å². The van der Waals surface area contributed by atoms with Gasteiger partial charge in [-0.2, -0.15) is 0 Å². The summed E-state index contributed by atoms with van der Waals surface area (Å²) in [7, 11) is 0. The SMILES string of the molecule is CCNC(=NCC(c1ccco1)N1CCCC1)N1CCC(OCC)CC1.I. The van der Waals surface area contributed by atoms with Crippen LogP contribution in [0.15, 0.2) is 27.8 Å². The summed E-state index contributed by atoms with van der Waals surface area (Å²) < 4.78 is 11.5. The second-order valence-corrected chi connectivity index (χ2v) is 7.11. The van der Waals surface area contributed by atoms with Gasteiger partial charge in [0.05, 0.1) is 25.0 Å². The Labute approximate surface area is 180 Å². The molecule has 0 aromatic carbocycles. The molecule has 1 aromatic rings. The third-order valence-corrected chi connectivity index (χ3v) is 5.35. The van der Waals surface area contributed by atoms with Crippen molar-refractivity contribution in [1.82, 2.24) is 15.1 Å². The Morgan fingerprint density at radius 2 is 2.00 bits per heavy atom. The molecule has 7 heteroatoms. The highest BCUT2D eigenvalue weighted by atomic mass is 127. The molecule has 0 amide bonds. The Balaban J connectivity index is 0.00000261. The Morgan fingerprint density at radius 1 is 1.26 bits per heavy atom. The number of ether oxygens (including phenoxy) is 1. The van der Waals surface area contributed by atoms with Crippen molar-refractivity contribution < 1.29 is 9.15 Å². The summed E-state index contributed by atoms with van der Waals surface area (Å²) in [6.07, 6.45) is 6.86. The summed E-state index contributed by atoms with van der Waals surface area (Å²) in [5.41, 5.74) is 0. The Morgan fingerprint density at radius 3 is 2.59 bits per heavy atom. The number of hydrogen-bond acceptors (Lipinski definition) is 4. The maximum Gasteiger partial charge on any atom is 0.193 e. The van der Waals surface area contributed by atoms with Gasteiger partial charge in [0.15, 0.2) is 5.96 Å². The number of likely N-dealkylation sites (tertiary alicyclic amines) is 2. The second kappa shape index (κ2) is 11.9. The maximum atomic E-state index is 5.78. The molecule has 2 aliphatic heterocycles. The van der Waals surface area contributed by atoms with Crippen molar-refractivity contribution >= 4 is 29.9 Å². The second-order valence-electron chi connectivity index (χ2n) is 7.11. The number of halogens is 1. The minimum absolute atomic E-state index is 0. The average Bonchev–Trinajstić information content (AvgIpc) is 3.37. The van der Waals surface area contributed by atoms with E-state index < -0.39 is 0 Å². The van der Waals surface area contributed by atoms with E-state index in [0.717, 1.165) is 70.4 Å². The summed E-state index contributed by atoms with van der Waals surface area (Å²) in [5, 5.41) is 3.48. The molecule has 1 unspecified atom stereocenters. The minimum atomic E-state index is 0. The Kier molecular flexibility index (Phi) is 9.92. The number of guanidine groups is 1. The van der Waals surface area contributed by atoms with Gasteiger partial charge in [-0.1, -0.05) is 0 Å².